The molecule has 76 valence electrons. The molecular formula is C8H12N4O2. The molecule has 0 aliphatic carbocycles. The van der Waals surface area contributed by atoms with Crippen LogP contribution in [0.1, 0.15) is 18.7 Å². The summed E-state index contributed by atoms with van der Waals surface area (Å²) in [6.45, 7) is 2.59. The van der Waals surface area contributed by atoms with Gasteiger partial charge in [-0.3, -0.25) is 10.1 Å². The second-order valence-electron chi connectivity index (χ2n) is 3.28. The Kier molecular flexibility index (Phi) is 2.45. The summed E-state index contributed by atoms with van der Waals surface area (Å²) in [7, 11) is 0. The third-order valence-electron chi connectivity index (χ3n) is 2.13. The summed E-state index contributed by atoms with van der Waals surface area (Å²) < 4.78 is 4.77. The van der Waals surface area contributed by atoms with E-state index >= 15 is 0 Å². The van der Waals surface area contributed by atoms with Gasteiger partial charge in [-0.1, -0.05) is 5.16 Å². The Morgan fingerprint density at radius 1 is 1.71 bits per heavy atom. The fourth-order valence-corrected chi connectivity index (χ4v) is 1.45. The number of aromatic nitrogens is 2. The number of nitrogens with zero attached hydrogens (tertiary/aromatic N) is 2. The van der Waals surface area contributed by atoms with Crippen molar-refractivity contribution >= 4 is 11.9 Å². The zero-order valence-electron chi connectivity index (χ0n) is 7.91. The number of rotatable bonds is 2. The summed E-state index contributed by atoms with van der Waals surface area (Å²) in [5, 5.41) is 9.22. The van der Waals surface area contributed by atoms with E-state index in [2.05, 4.69) is 20.8 Å². The predicted molar refractivity (Wildman–Crippen MR) is 48.7 cm³/mol. The molecule has 1 aromatic heterocycles. The molecule has 1 atom stereocenters. The summed E-state index contributed by atoms with van der Waals surface area (Å²) >= 11 is 0. The van der Waals surface area contributed by atoms with E-state index in [1.165, 1.54) is 0 Å². The SMILES string of the molecule is Cc1noc(NC(=O)[C@H]2CCCN2)n1. The largest absolute Gasteiger partial charge is 0.328 e. The lowest BCUT2D eigenvalue weighted by atomic mass is 10.2. The molecule has 1 aliphatic heterocycles. The van der Waals surface area contributed by atoms with Crippen LogP contribution >= 0.6 is 0 Å². The van der Waals surface area contributed by atoms with Crippen molar-refractivity contribution in [3.8, 4) is 0 Å². The molecule has 6 nitrogen and oxygen atoms in total. The Morgan fingerprint density at radius 3 is 3.14 bits per heavy atom. The third-order valence-corrected chi connectivity index (χ3v) is 2.13. The molecule has 1 saturated heterocycles. The lowest BCUT2D eigenvalue weighted by molar-refractivity contribution is -0.117. The van der Waals surface area contributed by atoms with E-state index in [0.717, 1.165) is 19.4 Å². The number of anilines is 1. The quantitative estimate of drug-likeness (QED) is 0.699. The van der Waals surface area contributed by atoms with Gasteiger partial charge in [0, 0.05) is 0 Å². The van der Waals surface area contributed by atoms with Gasteiger partial charge in [0.2, 0.25) is 5.91 Å². The summed E-state index contributed by atoms with van der Waals surface area (Å²) in [6, 6.07) is 0.0448. The normalized spacial score (nSPS) is 21.1. The van der Waals surface area contributed by atoms with Gasteiger partial charge in [-0.15, -0.1) is 0 Å². The Hall–Kier alpha value is -1.43. The van der Waals surface area contributed by atoms with Crippen molar-refractivity contribution in [3.05, 3.63) is 5.82 Å². The molecule has 0 radical (unpaired) electrons. The van der Waals surface area contributed by atoms with E-state index < -0.39 is 0 Å². The van der Waals surface area contributed by atoms with Crippen molar-refractivity contribution in [1.29, 1.82) is 0 Å². The van der Waals surface area contributed by atoms with E-state index in [-0.39, 0.29) is 18.0 Å². The molecule has 2 heterocycles. The smallest absolute Gasteiger partial charge is 0.315 e. The van der Waals surface area contributed by atoms with Gasteiger partial charge in [0.15, 0.2) is 5.82 Å². The summed E-state index contributed by atoms with van der Waals surface area (Å²) in [5.74, 6) is 0.408. The van der Waals surface area contributed by atoms with E-state index in [0.29, 0.717) is 5.82 Å². The first-order valence-corrected chi connectivity index (χ1v) is 4.60. The number of carbonyl (C=O) groups excluding carboxylic acids is 1. The highest BCUT2D eigenvalue weighted by atomic mass is 16.5. The van der Waals surface area contributed by atoms with Gasteiger partial charge in [-0.25, -0.2) is 0 Å². The van der Waals surface area contributed by atoms with Crippen LogP contribution in [0.2, 0.25) is 0 Å². The highest BCUT2D eigenvalue weighted by molar-refractivity contribution is 5.93. The second-order valence-corrected chi connectivity index (χ2v) is 3.28. The first-order chi connectivity index (χ1) is 6.75. The Balaban J connectivity index is 1.93. The van der Waals surface area contributed by atoms with Crippen LogP contribution in [0.15, 0.2) is 4.52 Å². The molecule has 2 N–H and O–H groups in total. The van der Waals surface area contributed by atoms with Gasteiger partial charge in [0.05, 0.1) is 6.04 Å². The summed E-state index contributed by atoms with van der Waals surface area (Å²) in [4.78, 5) is 15.4. The van der Waals surface area contributed by atoms with Crippen molar-refractivity contribution in [1.82, 2.24) is 15.5 Å². The van der Waals surface area contributed by atoms with Crippen LogP contribution in [0.5, 0.6) is 0 Å². The van der Waals surface area contributed by atoms with E-state index in [4.69, 9.17) is 4.52 Å². The van der Waals surface area contributed by atoms with Crippen LogP contribution in [0.3, 0.4) is 0 Å². The molecule has 0 bridgehead atoms. The minimum Gasteiger partial charge on any atom is -0.315 e. The minimum atomic E-state index is -0.123. The van der Waals surface area contributed by atoms with Crippen molar-refractivity contribution in [2.75, 3.05) is 11.9 Å². The fourth-order valence-electron chi connectivity index (χ4n) is 1.45. The molecule has 0 aromatic carbocycles. The minimum absolute atomic E-state index is 0.105. The van der Waals surface area contributed by atoms with Crippen molar-refractivity contribution in [2.45, 2.75) is 25.8 Å². The lowest BCUT2D eigenvalue weighted by Crippen LogP contribution is -2.35. The maximum Gasteiger partial charge on any atom is 0.328 e. The fraction of sp³-hybridized carbons (Fsp3) is 0.625. The van der Waals surface area contributed by atoms with E-state index in [1.54, 1.807) is 6.92 Å². The van der Waals surface area contributed by atoms with Crippen LogP contribution in [-0.2, 0) is 4.79 Å². The lowest BCUT2D eigenvalue weighted by Gasteiger charge is -2.06. The van der Waals surface area contributed by atoms with Gasteiger partial charge in [-0.05, 0) is 26.3 Å². The van der Waals surface area contributed by atoms with Crippen LogP contribution < -0.4 is 10.6 Å². The third kappa shape index (κ3) is 1.90. The Morgan fingerprint density at radius 2 is 2.57 bits per heavy atom. The predicted octanol–water partition coefficient (Wildman–Crippen LogP) is 0.0685. The molecule has 2 rings (SSSR count). The van der Waals surface area contributed by atoms with Crippen molar-refractivity contribution in [2.24, 2.45) is 0 Å². The zero-order valence-corrected chi connectivity index (χ0v) is 7.91. The van der Waals surface area contributed by atoms with Gasteiger partial charge in [0.25, 0.3) is 0 Å². The standard InChI is InChI=1S/C8H12N4O2/c1-5-10-8(14-12-5)11-7(13)6-3-2-4-9-6/h6,9H,2-4H2,1H3,(H,10,11,12,13)/t6-/m1/s1. The van der Waals surface area contributed by atoms with Gasteiger partial charge in [-0.2, -0.15) is 4.98 Å². The first-order valence-electron chi connectivity index (χ1n) is 4.60. The number of hydrogen-bond acceptors (Lipinski definition) is 5. The number of amides is 1. The van der Waals surface area contributed by atoms with Crippen LogP contribution in [0.25, 0.3) is 0 Å². The maximum absolute atomic E-state index is 11.5. The zero-order chi connectivity index (χ0) is 9.97. The van der Waals surface area contributed by atoms with Crippen LogP contribution in [0, 0.1) is 6.92 Å². The Bertz CT molecular complexity index is 330. The molecule has 6 heteroatoms. The Labute approximate surface area is 81.1 Å². The molecule has 0 spiro atoms. The van der Waals surface area contributed by atoms with Gasteiger partial charge < -0.3 is 9.84 Å². The molecule has 1 aromatic rings. The molecule has 1 fully saturated rings. The van der Waals surface area contributed by atoms with E-state index in [1.807, 2.05) is 0 Å². The first kappa shape index (κ1) is 9.14. The highest BCUT2D eigenvalue weighted by Crippen LogP contribution is 2.08. The second kappa shape index (κ2) is 3.75. The van der Waals surface area contributed by atoms with Gasteiger partial charge in [0.1, 0.15) is 0 Å². The summed E-state index contributed by atoms with van der Waals surface area (Å²) in [5.41, 5.74) is 0. The van der Waals surface area contributed by atoms with Crippen LogP contribution in [0.4, 0.5) is 6.01 Å². The van der Waals surface area contributed by atoms with Crippen molar-refractivity contribution in [3.63, 3.8) is 0 Å². The molecule has 14 heavy (non-hydrogen) atoms. The number of carbonyl (C=O) groups is 1. The molecular weight excluding hydrogens is 184 g/mol. The van der Waals surface area contributed by atoms with Gasteiger partial charge >= 0.3 is 6.01 Å². The highest BCUT2D eigenvalue weighted by Gasteiger charge is 2.23. The topological polar surface area (TPSA) is 80.0 Å². The number of nitrogens with one attached hydrogen (secondary N) is 2. The summed E-state index contributed by atoms with van der Waals surface area (Å²) in [6.07, 6.45) is 1.89. The van der Waals surface area contributed by atoms with Crippen LogP contribution in [-0.4, -0.2) is 28.6 Å². The number of aryl methyl sites for hydroxylation is 1. The molecule has 0 saturated carbocycles. The average Bonchev–Trinajstić information content (AvgIpc) is 2.75. The molecule has 1 amide bonds. The van der Waals surface area contributed by atoms with E-state index in [9.17, 15) is 4.79 Å². The average molecular weight is 196 g/mol. The number of hydrogen-bond donors (Lipinski definition) is 2. The molecule has 0 unspecified atom stereocenters. The monoisotopic (exact) mass is 196 g/mol. The molecule has 1 aliphatic rings. The van der Waals surface area contributed by atoms with Crippen molar-refractivity contribution < 1.29 is 9.32 Å². The maximum atomic E-state index is 11.5.